The third-order valence-electron chi connectivity index (χ3n) is 3.13. The lowest BCUT2D eigenvalue weighted by Gasteiger charge is -2.38. The predicted molar refractivity (Wildman–Crippen MR) is 58.4 cm³/mol. The van der Waals surface area contributed by atoms with Crippen LogP contribution in [0.2, 0.25) is 0 Å². The molecule has 0 aromatic carbocycles. The SMILES string of the molecule is CCCCC1(C(C)(C)C)NC(=O)NC1=O. The Balaban J connectivity index is 2.97. The van der Waals surface area contributed by atoms with Crippen LogP contribution in [0.5, 0.6) is 0 Å². The fourth-order valence-corrected chi connectivity index (χ4v) is 2.01. The van der Waals surface area contributed by atoms with Crippen LogP contribution in [0, 0.1) is 5.41 Å². The van der Waals surface area contributed by atoms with E-state index in [1.807, 2.05) is 20.8 Å². The number of hydrogen-bond acceptors (Lipinski definition) is 2. The van der Waals surface area contributed by atoms with Crippen LogP contribution < -0.4 is 10.6 Å². The number of rotatable bonds is 3. The van der Waals surface area contributed by atoms with E-state index in [-0.39, 0.29) is 17.4 Å². The van der Waals surface area contributed by atoms with Gasteiger partial charge >= 0.3 is 6.03 Å². The van der Waals surface area contributed by atoms with Crippen LogP contribution in [-0.2, 0) is 4.79 Å². The number of urea groups is 1. The number of carbonyl (C=O) groups is 2. The molecule has 3 amide bonds. The van der Waals surface area contributed by atoms with Gasteiger partial charge in [0.2, 0.25) is 0 Å². The molecule has 0 aromatic heterocycles. The summed E-state index contributed by atoms with van der Waals surface area (Å²) in [5.74, 6) is -0.187. The van der Waals surface area contributed by atoms with Gasteiger partial charge in [-0.05, 0) is 11.8 Å². The van der Waals surface area contributed by atoms with E-state index in [2.05, 4.69) is 17.6 Å². The molecule has 1 unspecified atom stereocenters. The average Bonchev–Trinajstić information content (AvgIpc) is 2.37. The molecule has 15 heavy (non-hydrogen) atoms. The molecule has 1 atom stereocenters. The molecule has 1 saturated heterocycles. The second-order valence-electron chi connectivity index (χ2n) is 5.17. The molecular weight excluding hydrogens is 192 g/mol. The van der Waals surface area contributed by atoms with Gasteiger partial charge in [0.25, 0.3) is 5.91 Å². The zero-order valence-corrected chi connectivity index (χ0v) is 9.94. The Morgan fingerprint density at radius 2 is 1.87 bits per heavy atom. The van der Waals surface area contributed by atoms with Gasteiger partial charge in [-0.2, -0.15) is 0 Å². The summed E-state index contributed by atoms with van der Waals surface area (Å²) in [6, 6.07) is -0.369. The van der Waals surface area contributed by atoms with E-state index in [1.165, 1.54) is 0 Å². The highest BCUT2D eigenvalue weighted by atomic mass is 16.2. The molecule has 1 rings (SSSR count). The minimum absolute atomic E-state index is 0.187. The maximum Gasteiger partial charge on any atom is 0.322 e. The summed E-state index contributed by atoms with van der Waals surface area (Å²) in [5, 5.41) is 5.13. The number of nitrogens with one attached hydrogen (secondary N) is 2. The van der Waals surface area contributed by atoms with E-state index in [1.54, 1.807) is 0 Å². The Morgan fingerprint density at radius 3 is 2.20 bits per heavy atom. The Hall–Kier alpha value is -1.06. The minimum atomic E-state index is -0.736. The highest BCUT2D eigenvalue weighted by molar-refractivity contribution is 6.07. The third-order valence-corrected chi connectivity index (χ3v) is 3.13. The maximum atomic E-state index is 11.9. The van der Waals surface area contributed by atoms with Crippen LogP contribution in [-0.4, -0.2) is 17.5 Å². The van der Waals surface area contributed by atoms with Gasteiger partial charge in [0.1, 0.15) is 5.54 Å². The minimum Gasteiger partial charge on any atom is -0.323 e. The number of hydrogen-bond donors (Lipinski definition) is 2. The van der Waals surface area contributed by atoms with E-state index in [0.717, 1.165) is 12.8 Å². The molecule has 1 fully saturated rings. The zero-order chi connectivity index (χ0) is 11.7. The third kappa shape index (κ3) is 1.98. The molecule has 2 N–H and O–H groups in total. The largest absolute Gasteiger partial charge is 0.323 e. The van der Waals surface area contributed by atoms with E-state index in [0.29, 0.717) is 6.42 Å². The summed E-state index contributed by atoms with van der Waals surface area (Å²) < 4.78 is 0. The molecule has 1 heterocycles. The smallest absolute Gasteiger partial charge is 0.322 e. The predicted octanol–water partition coefficient (Wildman–Crippen LogP) is 1.80. The normalized spacial score (nSPS) is 26.4. The van der Waals surface area contributed by atoms with E-state index in [4.69, 9.17) is 0 Å². The molecule has 0 spiro atoms. The van der Waals surface area contributed by atoms with E-state index in [9.17, 15) is 9.59 Å². The molecule has 0 saturated carbocycles. The lowest BCUT2D eigenvalue weighted by Crippen LogP contribution is -2.56. The topological polar surface area (TPSA) is 58.2 Å². The molecule has 0 aliphatic carbocycles. The van der Waals surface area contributed by atoms with Gasteiger partial charge in [0.15, 0.2) is 0 Å². The van der Waals surface area contributed by atoms with Crippen LogP contribution in [0.3, 0.4) is 0 Å². The first-order chi connectivity index (χ1) is 6.83. The quantitative estimate of drug-likeness (QED) is 0.701. The monoisotopic (exact) mass is 212 g/mol. The Morgan fingerprint density at radius 1 is 1.27 bits per heavy atom. The van der Waals surface area contributed by atoms with Crippen molar-refractivity contribution in [1.29, 1.82) is 0 Å². The van der Waals surface area contributed by atoms with Crippen LogP contribution in [0.15, 0.2) is 0 Å². The van der Waals surface area contributed by atoms with Crippen LogP contribution >= 0.6 is 0 Å². The number of unbranched alkanes of at least 4 members (excludes halogenated alkanes) is 1. The van der Waals surface area contributed by atoms with Crippen LogP contribution in [0.1, 0.15) is 47.0 Å². The summed E-state index contributed by atoms with van der Waals surface area (Å²) in [7, 11) is 0. The second kappa shape index (κ2) is 3.83. The van der Waals surface area contributed by atoms with Crippen molar-refractivity contribution < 1.29 is 9.59 Å². The molecule has 0 aromatic rings. The summed E-state index contributed by atoms with van der Waals surface area (Å²) in [6.45, 7) is 8.01. The van der Waals surface area contributed by atoms with Crippen molar-refractivity contribution in [1.82, 2.24) is 10.6 Å². The molecule has 0 radical (unpaired) electrons. The van der Waals surface area contributed by atoms with Gasteiger partial charge in [-0.3, -0.25) is 10.1 Å². The first-order valence-electron chi connectivity index (χ1n) is 5.47. The van der Waals surface area contributed by atoms with Gasteiger partial charge in [-0.15, -0.1) is 0 Å². The molecule has 86 valence electrons. The van der Waals surface area contributed by atoms with Gasteiger partial charge in [-0.1, -0.05) is 40.5 Å². The second-order valence-corrected chi connectivity index (χ2v) is 5.17. The van der Waals surface area contributed by atoms with Gasteiger partial charge in [0, 0.05) is 0 Å². The van der Waals surface area contributed by atoms with Crippen molar-refractivity contribution in [2.45, 2.75) is 52.5 Å². The summed E-state index contributed by atoms with van der Waals surface area (Å²) >= 11 is 0. The summed E-state index contributed by atoms with van der Waals surface area (Å²) in [6.07, 6.45) is 2.65. The van der Waals surface area contributed by atoms with Crippen molar-refractivity contribution >= 4 is 11.9 Å². The van der Waals surface area contributed by atoms with Crippen LogP contribution in [0.25, 0.3) is 0 Å². The fraction of sp³-hybridized carbons (Fsp3) is 0.818. The van der Waals surface area contributed by atoms with Crippen molar-refractivity contribution in [3.05, 3.63) is 0 Å². The summed E-state index contributed by atoms with van der Waals surface area (Å²) in [5.41, 5.74) is -1.00. The molecule has 0 bridgehead atoms. The zero-order valence-electron chi connectivity index (χ0n) is 9.94. The molecule has 1 aliphatic rings. The maximum absolute atomic E-state index is 11.9. The first-order valence-corrected chi connectivity index (χ1v) is 5.47. The lowest BCUT2D eigenvalue weighted by atomic mass is 9.70. The van der Waals surface area contributed by atoms with E-state index >= 15 is 0 Å². The van der Waals surface area contributed by atoms with Crippen molar-refractivity contribution in [3.63, 3.8) is 0 Å². The van der Waals surface area contributed by atoms with Gasteiger partial charge in [-0.25, -0.2) is 4.79 Å². The summed E-state index contributed by atoms with van der Waals surface area (Å²) in [4.78, 5) is 23.1. The number of carbonyl (C=O) groups excluding carboxylic acids is 2. The number of amides is 3. The Kier molecular flexibility index (Phi) is 3.07. The molecular formula is C11H20N2O2. The van der Waals surface area contributed by atoms with Crippen molar-refractivity contribution in [2.75, 3.05) is 0 Å². The van der Waals surface area contributed by atoms with Gasteiger partial charge in [0.05, 0.1) is 0 Å². The Labute approximate surface area is 90.8 Å². The van der Waals surface area contributed by atoms with Crippen LogP contribution in [0.4, 0.5) is 4.79 Å². The fourth-order valence-electron chi connectivity index (χ4n) is 2.01. The standard InChI is InChI=1S/C11H20N2O2/c1-5-6-7-11(10(2,3)4)8(14)12-9(15)13-11/h5-7H2,1-4H3,(H2,12,13,14,15). The Bertz CT molecular complexity index is 281. The molecule has 4 heteroatoms. The van der Waals surface area contributed by atoms with Gasteiger partial charge < -0.3 is 5.32 Å². The molecule has 1 aliphatic heterocycles. The average molecular weight is 212 g/mol. The van der Waals surface area contributed by atoms with Crippen molar-refractivity contribution in [3.8, 4) is 0 Å². The highest BCUT2D eigenvalue weighted by Gasteiger charge is 2.53. The number of imide groups is 1. The van der Waals surface area contributed by atoms with Crippen molar-refractivity contribution in [2.24, 2.45) is 5.41 Å². The lowest BCUT2D eigenvalue weighted by molar-refractivity contribution is -0.128. The van der Waals surface area contributed by atoms with E-state index < -0.39 is 5.54 Å². The highest BCUT2D eigenvalue weighted by Crippen LogP contribution is 2.36. The first kappa shape index (κ1) is 12.0. The molecule has 4 nitrogen and oxygen atoms in total.